The first-order valence-electron chi connectivity index (χ1n) is 5.02. The number of carbonyl (C=O) groups is 3. The van der Waals surface area contributed by atoms with Crippen LogP contribution in [0.25, 0.3) is 0 Å². The fourth-order valence-corrected chi connectivity index (χ4v) is 1.65. The van der Waals surface area contributed by atoms with Crippen LogP contribution in [0.2, 0.25) is 0 Å². The van der Waals surface area contributed by atoms with Gasteiger partial charge in [-0.1, -0.05) is 35.0 Å². The van der Waals surface area contributed by atoms with Gasteiger partial charge in [0.25, 0.3) is 0 Å². The molecule has 1 aromatic carbocycles. The van der Waals surface area contributed by atoms with Crippen molar-refractivity contribution in [1.29, 1.82) is 0 Å². The van der Waals surface area contributed by atoms with Gasteiger partial charge in [-0.2, -0.15) is 0 Å². The summed E-state index contributed by atoms with van der Waals surface area (Å²) in [6.07, 6.45) is 0.0270. The molecule has 0 radical (unpaired) electrons. The summed E-state index contributed by atoms with van der Waals surface area (Å²) >= 11 is 3.21. The van der Waals surface area contributed by atoms with Gasteiger partial charge in [-0.3, -0.25) is 14.4 Å². The molecule has 90 valence electrons. The molecule has 1 N–H and O–H groups in total. The second-order valence-electron chi connectivity index (χ2n) is 3.46. The highest BCUT2D eigenvalue weighted by atomic mass is 79.9. The topological polar surface area (TPSA) is 71.4 Å². The third kappa shape index (κ3) is 3.23. The zero-order chi connectivity index (χ0) is 13.0. The van der Waals surface area contributed by atoms with Crippen LogP contribution < -0.4 is 0 Å². The fraction of sp³-hybridized carbons (Fsp3) is 0.250. The maximum atomic E-state index is 11.9. The van der Waals surface area contributed by atoms with Gasteiger partial charge < -0.3 is 5.11 Å². The van der Waals surface area contributed by atoms with E-state index in [-0.39, 0.29) is 12.0 Å². The Hall–Kier alpha value is -1.49. The van der Waals surface area contributed by atoms with Crippen molar-refractivity contribution in [2.75, 3.05) is 0 Å². The second-order valence-corrected chi connectivity index (χ2v) is 4.38. The molecule has 0 bridgehead atoms. The number of hydrogen-bond donors (Lipinski definition) is 1. The fourth-order valence-electron chi connectivity index (χ4n) is 1.38. The number of benzene rings is 1. The van der Waals surface area contributed by atoms with E-state index in [1.807, 2.05) is 0 Å². The summed E-state index contributed by atoms with van der Waals surface area (Å²) in [7, 11) is 0. The number of carboxylic acids is 1. The van der Waals surface area contributed by atoms with Gasteiger partial charge in [0.2, 0.25) is 0 Å². The van der Waals surface area contributed by atoms with Crippen LogP contribution in [0.5, 0.6) is 0 Å². The van der Waals surface area contributed by atoms with E-state index in [9.17, 15) is 14.4 Å². The van der Waals surface area contributed by atoms with Gasteiger partial charge in [0.05, 0.1) is 0 Å². The molecule has 5 heteroatoms. The minimum atomic E-state index is -1.60. The Bertz CT molecular complexity index is 450. The van der Waals surface area contributed by atoms with Gasteiger partial charge in [0.1, 0.15) is 0 Å². The van der Waals surface area contributed by atoms with Crippen LogP contribution in [0.3, 0.4) is 0 Å². The van der Waals surface area contributed by atoms with Gasteiger partial charge in [-0.05, 0) is 12.1 Å². The maximum Gasteiger partial charge on any atom is 0.322 e. The Kier molecular flexibility index (Phi) is 4.57. The Labute approximate surface area is 107 Å². The minimum absolute atomic E-state index is 0.0270. The highest BCUT2D eigenvalue weighted by Gasteiger charge is 2.32. The number of Topliss-reactive ketones (excluding diaryl/α,β-unsaturated/α-hetero) is 2. The van der Waals surface area contributed by atoms with Crippen molar-refractivity contribution in [2.24, 2.45) is 5.92 Å². The number of rotatable bonds is 5. The summed E-state index contributed by atoms with van der Waals surface area (Å²) in [6, 6.07) is 6.24. The quantitative estimate of drug-likeness (QED) is 0.669. The van der Waals surface area contributed by atoms with Crippen LogP contribution in [0, 0.1) is 5.92 Å². The predicted octanol–water partition coefficient (Wildman–Crippen LogP) is 2.31. The number of carboxylic acid groups (broad SMARTS) is 1. The zero-order valence-electron chi connectivity index (χ0n) is 9.14. The van der Waals surface area contributed by atoms with Gasteiger partial charge in [-0.15, -0.1) is 0 Å². The number of halogens is 1. The van der Waals surface area contributed by atoms with E-state index < -0.39 is 23.5 Å². The number of ketones is 2. The summed E-state index contributed by atoms with van der Waals surface area (Å²) in [5.74, 6) is -4.24. The van der Waals surface area contributed by atoms with E-state index in [1.54, 1.807) is 12.1 Å². The molecule has 1 rings (SSSR count). The number of hydrogen-bond acceptors (Lipinski definition) is 3. The lowest BCUT2D eigenvalue weighted by molar-refractivity contribution is -0.143. The smallest absolute Gasteiger partial charge is 0.322 e. The molecule has 0 aromatic heterocycles. The molecule has 0 saturated carbocycles. The molecular weight excluding hydrogens is 288 g/mol. The van der Waals surface area contributed by atoms with Crippen LogP contribution in [0.15, 0.2) is 28.7 Å². The average Bonchev–Trinajstić information content (AvgIpc) is 2.29. The summed E-state index contributed by atoms with van der Waals surface area (Å²) in [5.41, 5.74) is 0.224. The lowest BCUT2D eigenvalue weighted by atomic mass is 9.92. The van der Waals surface area contributed by atoms with Crippen LogP contribution in [-0.4, -0.2) is 22.6 Å². The van der Waals surface area contributed by atoms with Gasteiger partial charge in [-0.25, -0.2) is 0 Å². The molecule has 0 spiro atoms. The summed E-state index contributed by atoms with van der Waals surface area (Å²) in [4.78, 5) is 34.2. The van der Waals surface area contributed by atoms with Crippen molar-refractivity contribution in [3.8, 4) is 0 Å². The molecule has 17 heavy (non-hydrogen) atoms. The van der Waals surface area contributed by atoms with Crippen LogP contribution in [-0.2, 0) is 9.59 Å². The molecule has 0 saturated heterocycles. The third-order valence-electron chi connectivity index (χ3n) is 2.31. The lowest BCUT2D eigenvalue weighted by Gasteiger charge is -2.09. The van der Waals surface area contributed by atoms with E-state index in [2.05, 4.69) is 15.9 Å². The van der Waals surface area contributed by atoms with Crippen molar-refractivity contribution in [3.63, 3.8) is 0 Å². The molecule has 0 aliphatic carbocycles. The predicted molar refractivity (Wildman–Crippen MR) is 64.9 cm³/mol. The highest BCUT2D eigenvalue weighted by molar-refractivity contribution is 9.10. The van der Waals surface area contributed by atoms with E-state index in [1.165, 1.54) is 19.1 Å². The first-order valence-corrected chi connectivity index (χ1v) is 5.82. The molecule has 1 atom stereocenters. The van der Waals surface area contributed by atoms with Crippen molar-refractivity contribution >= 4 is 33.5 Å². The minimum Gasteiger partial charge on any atom is -0.480 e. The molecule has 0 aliphatic heterocycles. The van der Waals surface area contributed by atoms with Gasteiger partial charge >= 0.3 is 5.97 Å². The molecule has 0 amide bonds. The standard InChI is InChI=1S/C12H11BrO4/c1-2-9(14)10(12(16)17)11(15)7-3-5-8(13)6-4-7/h3-6,10H,2H2,1H3,(H,16,17). The molecule has 1 unspecified atom stereocenters. The van der Waals surface area contributed by atoms with Crippen molar-refractivity contribution in [1.82, 2.24) is 0 Å². The monoisotopic (exact) mass is 298 g/mol. The van der Waals surface area contributed by atoms with Crippen molar-refractivity contribution in [3.05, 3.63) is 34.3 Å². The first kappa shape index (κ1) is 13.6. The Balaban J connectivity index is 3.04. The molecule has 4 nitrogen and oxygen atoms in total. The average molecular weight is 299 g/mol. The van der Waals surface area contributed by atoms with Crippen LogP contribution in [0.4, 0.5) is 0 Å². The van der Waals surface area contributed by atoms with Gasteiger partial charge in [0.15, 0.2) is 17.5 Å². The van der Waals surface area contributed by atoms with E-state index >= 15 is 0 Å². The first-order chi connectivity index (χ1) is 7.97. The molecule has 0 aliphatic rings. The lowest BCUT2D eigenvalue weighted by Crippen LogP contribution is -2.31. The number of aliphatic carboxylic acids is 1. The normalized spacial score (nSPS) is 11.9. The molecule has 0 fully saturated rings. The Morgan fingerprint density at radius 2 is 1.76 bits per heavy atom. The second kappa shape index (κ2) is 5.72. The van der Waals surface area contributed by atoms with E-state index in [0.717, 1.165) is 4.47 Å². The highest BCUT2D eigenvalue weighted by Crippen LogP contribution is 2.16. The molecule has 0 heterocycles. The van der Waals surface area contributed by atoms with Crippen LogP contribution in [0.1, 0.15) is 23.7 Å². The molecule has 1 aromatic rings. The summed E-state index contributed by atoms with van der Waals surface area (Å²) in [6.45, 7) is 1.53. The maximum absolute atomic E-state index is 11.9. The Morgan fingerprint density at radius 3 is 2.18 bits per heavy atom. The van der Waals surface area contributed by atoms with E-state index in [4.69, 9.17) is 5.11 Å². The zero-order valence-corrected chi connectivity index (χ0v) is 10.7. The van der Waals surface area contributed by atoms with Gasteiger partial charge in [0, 0.05) is 16.5 Å². The summed E-state index contributed by atoms with van der Waals surface area (Å²) in [5, 5.41) is 8.91. The largest absolute Gasteiger partial charge is 0.480 e. The van der Waals surface area contributed by atoms with Crippen molar-refractivity contribution < 1.29 is 19.5 Å². The Morgan fingerprint density at radius 1 is 1.24 bits per heavy atom. The van der Waals surface area contributed by atoms with Crippen molar-refractivity contribution in [2.45, 2.75) is 13.3 Å². The number of carbonyl (C=O) groups excluding carboxylic acids is 2. The van der Waals surface area contributed by atoms with Crippen LogP contribution >= 0.6 is 15.9 Å². The third-order valence-corrected chi connectivity index (χ3v) is 2.84. The van der Waals surface area contributed by atoms with E-state index in [0.29, 0.717) is 0 Å². The summed E-state index contributed by atoms with van der Waals surface area (Å²) < 4.78 is 0.780. The molecular formula is C12H11BrO4. The SMILES string of the molecule is CCC(=O)C(C(=O)O)C(=O)c1ccc(Br)cc1.